The molecule has 0 unspecified atom stereocenters. The van der Waals surface area contributed by atoms with Crippen LogP contribution in [0.15, 0.2) is 34.7 Å². The van der Waals surface area contributed by atoms with Crippen molar-refractivity contribution < 1.29 is 23.8 Å². The van der Waals surface area contributed by atoms with E-state index < -0.39 is 5.97 Å². The number of furan rings is 1. The molecule has 1 amide bonds. The van der Waals surface area contributed by atoms with Crippen LogP contribution < -0.4 is 0 Å². The Hall–Kier alpha value is -2.60. The van der Waals surface area contributed by atoms with Crippen molar-refractivity contribution in [2.75, 3.05) is 20.3 Å². The third kappa shape index (κ3) is 4.45. The number of hydrogen-bond donors (Lipinski definition) is 1. The van der Waals surface area contributed by atoms with E-state index in [9.17, 15) is 14.7 Å². The van der Waals surface area contributed by atoms with Crippen LogP contribution >= 0.6 is 0 Å². The molecule has 0 saturated carbocycles. The molecule has 2 aromatic rings. The lowest BCUT2D eigenvalue weighted by Gasteiger charge is -2.22. The fourth-order valence-corrected chi connectivity index (χ4v) is 2.42. The van der Waals surface area contributed by atoms with Gasteiger partial charge in [0.25, 0.3) is 5.91 Å². The number of hydrogen-bond acceptors (Lipinski definition) is 4. The molecule has 1 aromatic heterocycles. The van der Waals surface area contributed by atoms with Gasteiger partial charge in [-0.05, 0) is 49.7 Å². The van der Waals surface area contributed by atoms with E-state index in [2.05, 4.69) is 0 Å². The Labute approximate surface area is 140 Å². The van der Waals surface area contributed by atoms with Gasteiger partial charge in [0.1, 0.15) is 11.5 Å². The summed E-state index contributed by atoms with van der Waals surface area (Å²) >= 11 is 0. The van der Waals surface area contributed by atoms with Crippen LogP contribution in [0.5, 0.6) is 0 Å². The van der Waals surface area contributed by atoms with Crippen LogP contribution in [0.2, 0.25) is 0 Å². The summed E-state index contributed by atoms with van der Waals surface area (Å²) in [5, 5.41) is 9.17. The van der Waals surface area contributed by atoms with Gasteiger partial charge in [-0.15, -0.1) is 0 Å². The van der Waals surface area contributed by atoms with Gasteiger partial charge in [0.15, 0.2) is 0 Å². The number of ether oxygens (including phenoxy) is 1. The van der Waals surface area contributed by atoms with Gasteiger partial charge in [-0.1, -0.05) is 0 Å². The Bertz CT molecular complexity index is 735. The lowest BCUT2D eigenvalue weighted by atomic mass is 10.1. The molecule has 128 valence electrons. The zero-order chi connectivity index (χ0) is 17.7. The highest BCUT2D eigenvalue weighted by molar-refractivity contribution is 5.97. The Morgan fingerprint density at radius 1 is 1.17 bits per heavy atom. The van der Waals surface area contributed by atoms with Gasteiger partial charge in [-0.2, -0.15) is 0 Å². The Morgan fingerprint density at radius 2 is 1.88 bits per heavy atom. The van der Waals surface area contributed by atoms with Gasteiger partial charge in [0, 0.05) is 19.2 Å². The minimum Gasteiger partial charge on any atom is -0.478 e. The van der Waals surface area contributed by atoms with E-state index in [0.29, 0.717) is 31.0 Å². The molecule has 1 N–H and O–H groups in total. The minimum absolute atomic E-state index is 0.0962. The molecule has 0 saturated heterocycles. The van der Waals surface area contributed by atoms with Crippen LogP contribution in [0, 0.1) is 13.8 Å². The van der Waals surface area contributed by atoms with Gasteiger partial charge >= 0.3 is 5.97 Å². The second-order valence-corrected chi connectivity index (χ2v) is 5.62. The number of carboxylic acids is 1. The number of carboxylic acid groups (broad SMARTS) is 1. The maximum atomic E-state index is 12.8. The van der Waals surface area contributed by atoms with E-state index in [1.165, 1.54) is 12.1 Å². The third-order valence-corrected chi connectivity index (χ3v) is 3.57. The Balaban J connectivity index is 2.28. The maximum absolute atomic E-state index is 12.8. The number of amides is 1. The van der Waals surface area contributed by atoms with Gasteiger partial charge in [-0.3, -0.25) is 4.79 Å². The molecule has 0 fully saturated rings. The molecule has 0 aliphatic heterocycles. The van der Waals surface area contributed by atoms with E-state index in [4.69, 9.17) is 9.15 Å². The average molecular weight is 331 g/mol. The molecule has 0 atom stereocenters. The molecule has 6 heteroatoms. The fourth-order valence-electron chi connectivity index (χ4n) is 2.42. The zero-order valence-corrected chi connectivity index (χ0v) is 14.0. The van der Waals surface area contributed by atoms with Crippen molar-refractivity contribution in [2.45, 2.75) is 20.4 Å². The number of benzene rings is 1. The molecule has 0 radical (unpaired) electrons. The van der Waals surface area contributed by atoms with Crippen LogP contribution in [0.4, 0.5) is 0 Å². The largest absolute Gasteiger partial charge is 0.478 e. The smallest absolute Gasteiger partial charge is 0.335 e. The molecular formula is C18H21NO5. The molecule has 1 heterocycles. The van der Waals surface area contributed by atoms with Crippen molar-refractivity contribution in [3.8, 4) is 0 Å². The summed E-state index contributed by atoms with van der Waals surface area (Å²) in [6.07, 6.45) is 0. The van der Waals surface area contributed by atoms with Crippen molar-refractivity contribution in [1.29, 1.82) is 0 Å². The zero-order valence-electron chi connectivity index (χ0n) is 14.0. The molecule has 0 aliphatic carbocycles. The summed E-state index contributed by atoms with van der Waals surface area (Å²) in [6, 6.07) is 8.27. The number of rotatable bonds is 7. The predicted octanol–water partition coefficient (Wildman–Crippen LogP) is 2.88. The summed E-state index contributed by atoms with van der Waals surface area (Å²) in [6.45, 7) is 4.66. The topological polar surface area (TPSA) is 80.0 Å². The van der Waals surface area contributed by atoms with Crippen LogP contribution in [-0.2, 0) is 11.3 Å². The number of aromatic carboxylic acids is 1. The Morgan fingerprint density at radius 3 is 2.46 bits per heavy atom. The van der Waals surface area contributed by atoms with Crippen molar-refractivity contribution in [3.63, 3.8) is 0 Å². The number of carbonyl (C=O) groups excluding carboxylic acids is 1. The predicted molar refractivity (Wildman–Crippen MR) is 88.2 cm³/mol. The lowest BCUT2D eigenvalue weighted by molar-refractivity contribution is 0.0665. The van der Waals surface area contributed by atoms with Crippen molar-refractivity contribution in [3.05, 3.63) is 58.5 Å². The maximum Gasteiger partial charge on any atom is 0.335 e. The van der Waals surface area contributed by atoms with E-state index >= 15 is 0 Å². The number of aryl methyl sites for hydroxylation is 2. The van der Waals surface area contributed by atoms with Crippen molar-refractivity contribution in [1.82, 2.24) is 4.90 Å². The molecule has 1 aromatic carbocycles. The molecule has 0 aliphatic rings. The Kier molecular flexibility index (Phi) is 5.76. The summed E-state index contributed by atoms with van der Waals surface area (Å²) in [4.78, 5) is 25.6. The fraction of sp³-hybridized carbons (Fsp3) is 0.333. The lowest BCUT2D eigenvalue weighted by Crippen LogP contribution is -2.33. The molecule has 6 nitrogen and oxygen atoms in total. The second-order valence-electron chi connectivity index (χ2n) is 5.62. The summed E-state index contributed by atoms with van der Waals surface area (Å²) in [5.41, 5.74) is 1.16. The van der Waals surface area contributed by atoms with Crippen LogP contribution in [0.3, 0.4) is 0 Å². The average Bonchev–Trinajstić information content (AvgIpc) is 2.95. The van der Waals surface area contributed by atoms with Gasteiger partial charge in [0.2, 0.25) is 0 Å². The van der Waals surface area contributed by atoms with Gasteiger partial charge < -0.3 is 19.2 Å². The standard InChI is InChI=1S/C18H21NO5/c1-12-8-14(10-15(9-12)18(21)22)17(20)19(6-7-23-3)11-16-5-4-13(2)24-16/h4-5,8-10H,6-7,11H2,1-3H3,(H,21,22). The number of nitrogens with zero attached hydrogens (tertiary/aromatic N) is 1. The number of carbonyl (C=O) groups is 2. The van der Waals surface area contributed by atoms with E-state index in [1.54, 1.807) is 25.0 Å². The normalized spacial score (nSPS) is 10.6. The molecule has 0 bridgehead atoms. The first-order valence-electron chi connectivity index (χ1n) is 7.59. The summed E-state index contributed by atoms with van der Waals surface area (Å²) in [7, 11) is 1.56. The van der Waals surface area contributed by atoms with Crippen LogP contribution in [-0.4, -0.2) is 42.1 Å². The van der Waals surface area contributed by atoms with E-state index in [1.807, 2.05) is 19.1 Å². The summed E-state index contributed by atoms with van der Waals surface area (Å²) in [5.74, 6) is 0.126. The van der Waals surface area contributed by atoms with Crippen molar-refractivity contribution in [2.24, 2.45) is 0 Å². The molecule has 0 spiro atoms. The van der Waals surface area contributed by atoms with Crippen molar-refractivity contribution >= 4 is 11.9 Å². The molecular weight excluding hydrogens is 310 g/mol. The monoisotopic (exact) mass is 331 g/mol. The second kappa shape index (κ2) is 7.79. The highest BCUT2D eigenvalue weighted by Crippen LogP contribution is 2.16. The van der Waals surface area contributed by atoms with Crippen LogP contribution in [0.25, 0.3) is 0 Å². The first-order chi connectivity index (χ1) is 11.4. The number of methoxy groups -OCH3 is 1. The highest BCUT2D eigenvalue weighted by atomic mass is 16.5. The molecule has 2 rings (SSSR count). The third-order valence-electron chi connectivity index (χ3n) is 3.57. The SMILES string of the molecule is COCCN(Cc1ccc(C)o1)C(=O)c1cc(C)cc(C(=O)O)c1. The van der Waals surface area contributed by atoms with E-state index in [-0.39, 0.29) is 11.5 Å². The summed E-state index contributed by atoms with van der Waals surface area (Å²) < 4.78 is 10.6. The molecule has 24 heavy (non-hydrogen) atoms. The highest BCUT2D eigenvalue weighted by Gasteiger charge is 2.19. The first kappa shape index (κ1) is 17.7. The minimum atomic E-state index is -1.06. The van der Waals surface area contributed by atoms with Gasteiger partial charge in [0.05, 0.1) is 18.7 Å². The van der Waals surface area contributed by atoms with Gasteiger partial charge in [-0.25, -0.2) is 4.79 Å². The quantitative estimate of drug-likeness (QED) is 0.844. The van der Waals surface area contributed by atoms with E-state index in [0.717, 1.165) is 11.3 Å². The van der Waals surface area contributed by atoms with Crippen LogP contribution in [0.1, 0.15) is 37.8 Å². The first-order valence-corrected chi connectivity index (χ1v) is 7.59.